The van der Waals surface area contributed by atoms with Crippen LogP contribution in [0.15, 0.2) is 41.1 Å². The predicted octanol–water partition coefficient (Wildman–Crippen LogP) is 3.68. The molecular formula is C13H8BrF3N2O. The molecule has 0 N–H and O–H groups in total. The van der Waals surface area contributed by atoms with Gasteiger partial charge in [0.05, 0.1) is 12.0 Å². The molecule has 20 heavy (non-hydrogen) atoms. The maximum absolute atomic E-state index is 12.4. The van der Waals surface area contributed by atoms with Gasteiger partial charge in [-0.15, -0.1) is 0 Å². The van der Waals surface area contributed by atoms with Crippen LogP contribution >= 0.6 is 15.9 Å². The molecule has 0 saturated carbocycles. The molecule has 3 nitrogen and oxygen atoms in total. The Morgan fingerprint density at radius 2 is 1.85 bits per heavy atom. The Morgan fingerprint density at radius 3 is 2.35 bits per heavy atom. The minimum absolute atomic E-state index is 0.00829. The first kappa shape index (κ1) is 14.6. The Labute approximate surface area is 121 Å². The molecule has 2 rings (SSSR count). The fraction of sp³-hybridized carbons (Fsp3) is 0.154. The third kappa shape index (κ3) is 3.63. The fourth-order valence-electron chi connectivity index (χ4n) is 1.49. The summed E-state index contributed by atoms with van der Waals surface area (Å²) in [7, 11) is 0. The number of pyridine rings is 2. The van der Waals surface area contributed by atoms with E-state index < -0.39 is 11.7 Å². The highest BCUT2D eigenvalue weighted by Gasteiger charge is 2.30. The van der Waals surface area contributed by atoms with Crippen LogP contribution in [0.5, 0.6) is 0 Å². The number of alkyl halides is 3. The zero-order chi connectivity index (χ0) is 14.8. The molecule has 0 radical (unpaired) electrons. The monoisotopic (exact) mass is 344 g/mol. The van der Waals surface area contributed by atoms with Crippen LogP contribution < -0.4 is 0 Å². The summed E-state index contributed by atoms with van der Waals surface area (Å²) in [5.74, 6) is -0.381. The molecule has 0 aliphatic rings. The standard InChI is InChI=1S/C13H8BrF3N2O/c14-9-2-3-10(18-7-9)5-12(20)11-4-1-8(6-19-11)13(15,16)17/h1-4,6-7H,5H2. The van der Waals surface area contributed by atoms with Crippen LogP contribution in [0.2, 0.25) is 0 Å². The van der Waals surface area contributed by atoms with Crippen molar-refractivity contribution in [3.05, 3.63) is 58.1 Å². The van der Waals surface area contributed by atoms with E-state index in [0.717, 1.165) is 16.6 Å². The predicted molar refractivity (Wildman–Crippen MR) is 69.2 cm³/mol. The number of carbonyl (C=O) groups is 1. The Balaban J connectivity index is 2.11. The Morgan fingerprint density at radius 1 is 1.10 bits per heavy atom. The van der Waals surface area contributed by atoms with Gasteiger partial charge in [0.25, 0.3) is 0 Å². The number of ketones is 1. The van der Waals surface area contributed by atoms with E-state index in [1.807, 2.05) is 0 Å². The quantitative estimate of drug-likeness (QED) is 0.797. The van der Waals surface area contributed by atoms with Crippen molar-refractivity contribution in [3.63, 3.8) is 0 Å². The summed E-state index contributed by atoms with van der Waals surface area (Å²) in [4.78, 5) is 19.4. The Bertz CT molecular complexity index is 609. The highest BCUT2D eigenvalue weighted by atomic mass is 79.9. The van der Waals surface area contributed by atoms with Gasteiger partial charge in [-0.25, -0.2) is 0 Å². The Kier molecular flexibility index (Phi) is 4.17. The number of halogens is 4. The lowest BCUT2D eigenvalue weighted by Gasteiger charge is -2.06. The van der Waals surface area contributed by atoms with E-state index in [0.29, 0.717) is 11.9 Å². The molecule has 0 bridgehead atoms. The number of Topliss-reactive ketones (excluding diaryl/α,β-unsaturated/α-hetero) is 1. The molecule has 0 amide bonds. The number of aromatic nitrogens is 2. The summed E-state index contributed by atoms with van der Waals surface area (Å²) >= 11 is 3.22. The van der Waals surface area contributed by atoms with Crippen LogP contribution in [0.3, 0.4) is 0 Å². The second-order valence-electron chi connectivity index (χ2n) is 4.00. The van der Waals surface area contributed by atoms with Gasteiger partial charge in [0, 0.05) is 22.6 Å². The smallest absolute Gasteiger partial charge is 0.292 e. The average Bonchev–Trinajstić information content (AvgIpc) is 2.40. The van der Waals surface area contributed by atoms with Gasteiger partial charge in [0.2, 0.25) is 0 Å². The van der Waals surface area contributed by atoms with E-state index in [1.54, 1.807) is 18.3 Å². The van der Waals surface area contributed by atoms with Gasteiger partial charge < -0.3 is 0 Å². The number of nitrogens with zero attached hydrogens (tertiary/aromatic N) is 2. The van der Waals surface area contributed by atoms with Crippen molar-refractivity contribution in [1.29, 1.82) is 0 Å². The highest BCUT2D eigenvalue weighted by molar-refractivity contribution is 9.10. The van der Waals surface area contributed by atoms with Gasteiger partial charge in [-0.1, -0.05) is 0 Å². The molecule has 0 aliphatic heterocycles. The van der Waals surface area contributed by atoms with Gasteiger partial charge in [-0.3, -0.25) is 14.8 Å². The summed E-state index contributed by atoms with van der Waals surface area (Å²) < 4.78 is 37.9. The van der Waals surface area contributed by atoms with Crippen molar-refractivity contribution in [2.45, 2.75) is 12.6 Å². The molecular weight excluding hydrogens is 337 g/mol. The number of rotatable bonds is 3. The summed E-state index contributed by atoms with van der Waals surface area (Å²) in [5.41, 5.74) is -0.363. The SMILES string of the molecule is O=C(Cc1ccc(Br)cn1)c1ccc(C(F)(F)F)cn1. The van der Waals surface area contributed by atoms with E-state index >= 15 is 0 Å². The van der Waals surface area contributed by atoms with Crippen LogP contribution in [0.1, 0.15) is 21.7 Å². The van der Waals surface area contributed by atoms with Crippen LogP contribution in [-0.4, -0.2) is 15.8 Å². The van der Waals surface area contributed by atoms with Gasteiger partial charge in [-0.05, 0) is 40.2 Å². The normalized spacial score (nSPS) is 11.4. The fourth-order valence-corrected chi connectivity index (χ4v) is 1.73. The topological polar surface area (TPSA) is 42.9 Å². The van der Waals surface area contributed by atoms with Crippen molar-refractivity contribution in [2.24, 2.45) is 0 Å². The highest BCUT2D eigenvalue weighted by Crippen LogP contribution is 2.28. The van der Waals surface area contributed by atoms with Crippen molar-refractivity contribution in [3.8, 4) is 0 Å². The molecule has 104 valence electrons. The second-order valence-corrected chi connectivity index (χ2v) is 4.91. The summed E-state index contributed by atoms with van der Waals surface area (Å²) in [6, 6.07) is 5.31. The van der Waals surface area contributed by atoms with E-state index in [1.165, 1.54) is 0 Å². The molecule has 0 aliphatic carbocycles. The van der Waals surface area contributed by atoms with E-state index in [9.17, 15) is 18.0 Å². The lowest BCUT2D eigenvalue weighted by Crippen LogP contribution is -2.10. The first-order chi connectivity index (χ1) is 9.36. The average molecular weight is 345 g/mol. The van der Waals surface area contributed by atoms with E-state index in [-0.39, 0.29) is 17.9 Å². The maximum Gasteiger partial charge on any atom is 0.417 e. The molecule has 0 fully saturated rings. The summed E-state index contributed by atoms with van der Waals surface area (Å²) in [6.45, 7) is 0. The molecule has 0 aromatic carbocycles. The zero-order valence-electron chi connectivity index (χ0n) is 9.99. The largest absolute Gasteiger partial charge is 0.417 e. The van der Waals surface area contributed by atoms with E-state index in [4.69, 9.17) is 0 Å². The minimum Gasteiger partial charge on any atom is -0.292 e. The second kappa shape index (κ2) is 5.70. The van der Waals surface area contributed by atoms with Gasteiger partial charge in [-0.2, -0.15) is 13.2 Å². The summed E-state index contributed by atoms with van der Waals surface area (Å²) in [6.07, 6.45) is -2.27. The molecule has 2 aromatic rings. The number of hydrogen-bond acceptors (Lipinski definition) is 3. The maximum atomic E-state index is 12.4. The third-order valence-electron chi connectivity index (χ3n) is 2.51. The molecule has 0 saturated heterocycles. The van der Waals surface area contributed by atoms with Crippen molar-refractivity contribution >= 4 is 21.7 Å². The lowest BCUT2D eigenvalue weighted by molar-refractivity contribution is -0.137. The number of carbonyl (C=O) groups excluding carboxylic acids is 1. The van der Waals surface area contributed by atoms with Gasteiger partial charge in [0.1, 0.15) is 5.69 Å². The number of hydrogen-bond donors (Lipinski definition) is 0. The molecule has 0 atom stereocenters. The third-order valence-corrected chi connectivity index (χ3v) is 2.98. The van der Waals surface area contributed by atoms with Crippen molar-refractivity contribution < 1.29 is 18.0 Å². The van der Waals surface area contributed by atoms with Gasteiger partial charge >= 0.3 is 6.18 Å². The van der Waals surface area contributed by atoms with Gasteiger partial charge in [0.15, 0.2) is 5.78 Å². The first-order valence-corrected chi connectivity index (χ1v) is 6.32. The van der Waals surface area contributed by atoms with Crippen LogP contribution in [0.4, 0.5) is 13.2 Å². The molecule has 2 heterocycles. The molecule has 2 aromatic heterocycles. The minimum atomic E-state index is -4.46. The molecule has 0 spiro atoms. The van der Waals surface area contributed by atoms with Crippen molar-refractivity contribution in [2.75, 3.05) is 0 Å². The van der Waals surface area contributed by atoms with Crippen LogP contribution in [0.25, 0.3) is 0 Å². The van der Waals surface area contributed by atoms with E-state index in [2.05, 4.69) is 25.9 Å². The van der Waals surface area contributed by atoms with Crippen molar-refractivity contribution in [1.82, 2.24) is 9.97 Å². The van der Waals surface area contributed by atoms with Crippen LogP contribution in [0, 0.1) is 0 Å². The van der Waals surface area contributed by atoms with Crippen LogP contribution in [-0.2, 0) is 12.6 Å². The first-order valence-electron chi connectivity index (χ1n) is 5.53. The summed E-state index contributed by atoms with van der Waals surface area (Å²) in [5, 5.41) is 0. The Hall–Kier alpha value is -1.76. The molecule has 7 heteroatoms. The zero-order valence-corrected chi connectivity index (χ0v) is 11.6. The lowest BCUT2D eigenvalue weighted by atomic mass is 10.1. The molecule has 0 unspecified atom stereocenters.